The monoisotopic (exact) mass is 223 g/mol. The molecule has 0 aliphatic heterocycles. The number of nitrogens with two attached hydrogens (primary N) is 1. The van der Waals surface area contributed by atoms with Gasteiger partial charge in [0.25, 0.3) is 0 Å². The molecule has 80 valence electrons. The van der Waals surface area contributed by atoms with Crippen LogP contribution in [0, 0.1) is 0 Å². The Morgan fingerprint density at radius 3 is 3.00 bits per heavy atom. The lowest BCUT2D eigenvalue weighted by atomic mass is 10.1. The molecular formula is C11H13NO2S. The molecule has 1 aromatic heterocycles. The van der Waals surface area contributed by atoms with E-state index in [2.05, 4.69) is 0 Å². The van der Waals surface area contributed by atoms with Gasteiger partial charge in [-0.05, 0) is 43.5 Å². The highest BCUT2D eigenvalue weighted by molar-refractivity contribution is 7.16. The maximum absolute atomic E-state index is 11.0. The van der Waals surface area contributed by atoms with Crippen LogP contribution in [0.4, 0.5) is 0 Å². The lowest BCUT2D eigenvalue weighted by Crippen LogP contribution is -1.98. The number of benzene rings is 1. The number of unbranched alkanes of at least 4 members (excludes halogenated alkanes) is 1. The van der Waals surface area contributed by atoms with Crippen molar-refractivity contribution in [2.45, 2.75) is 19.3 Å². The van der Waals surface area contributed by atoms with Crippen molar-refractivity contribution in [3.05, 3.63) is 33.5 Å². The summed E-state index contributed by atoms with van der Waals surface area (Å²) in [6.07, 6.45) is 3.15. The molecule has 0 amide bonds. The minimum atomic E-state index is -0.232. The van der Waals surface area contributed by atoms with Gasteiger partial charge in [-0.3, -0.25) is 0 Å². The van der Waals surface area contributed by atoms with Gasteiger partial charge in [0.05, 0.1) is 4.70 Å². The Morgan fingerprint density at radius 1 is 1.33 bits per heavy atom. The van der Waals surface area contributed by atoms with Gasteiger partial charge in [-0.2, -0.15) is 0 Å². The molecule has 1 heterocycles. The maximum atomic E-state index is 11.0. The number of aryl methyl sites for hydroxylation is 1. The van der Waals surface area contributed by atoms with Crippen molar-refractivity contribution in [1.29, 1.82) is 0 Å². The van der Waals surface area contributed by atoms with E-state index < -0.39 is 0 Å². The molecule has 0 bridgehead atoms. The van der Waals surface area contributed by atoms with Gasteiger partial charge >= 0.3 is 4.94 Å². The Kier molecular flexibility index (Phi) is 3.18. The van der Waals surface area contributed by atoms with Crippen LogP contribution in [0.15, 0.2) is 27.4 Å². The molecule has 2 rings (SSSR count). The van der Waals surface area contributed by atoms with Gasteiger partial charge in [-0.15, -0.1) is 0 Å². The fourth-order valence-corrected chi connectivity index (χ4v) is 2.28. The minimum absolute atomic E-state index is 0.232. The van der Waals surface area contributed by atoms with Crippen molar-refractivity contribution in [3.8, 4) is 0 Å². The van der Waals surface area contributed by atoms with Crippen LogP contribution >= 0.6 is 11.3 Å². The number of hydrogen-bond acceptors (Lipinski definition) is 4. The van der Waals surface area contributed by atoms with Gasteiger partial charge < -0.3 is 10.2 Å². The Balaban J connectivity index is 2.19. The summed E-state index contributed by atoms with van der Waals surface area (Å²) in [6.45, 7) is 0.737. The molecule has 0 saturated heterocycles. The maximum Gasteiger partial charge on any atom is 0.396 e. The summed E-state index contributed by atoms with van der Waals surface area (Å²) < 4.78 is 5.93. The molecule has 0 radical (unpaired) electrons. The standard InChI is InChI=1S/C11H13NO2S/c12-6-2-1-3-8-4-5-9-10(7-8)15-11(13)14-9/h4-5,7H,1-3,6,12H2. The predicted molar refractivity (Wildman–Crippen MR) is 62.4 cm³/mol. The third-order valence-electron chi connectivity index (χ3n) is 2.31. The predicted octanol–water partition coefficient (Wildman–Crippen LogP) is 2.14. The molecule has 0 atom stereocenters. The van der Waals surface area contributed by atoms with Crippen LogP contribution in [0.1, 0.15) is 18.4 Å². The van der Waals surface area contributed by atoms with Crippen molar-refractivity contribution in [2.24, 2.45) is 5.73 Å². The fraction of sp³-hybridized carbons (Fsp3) is 0.364. The summed E-state index contributed by atoms with van der Waals surface area (Å²) in [7, 11) is 0. The lowest BCUT2D eigenvalue weighted by molar-refractivity contribution is 0.585. The van der Waals surface area contributed by atoms with E-state index in [4.69, 9.17) is 10.2 Å². The van der Waals surface area contributed by atoms with E-state index in [-0.39, 0.29) is 4.94 Å². The van der Waals surface area contributed by atoms with Gasteiger partial charge in [0.15, 0.2) is 0 Å². The van der Waals surface area contributed by atoms with Crippen molar-refractivity contribution < 1.29 is 4.42 Å². The molecule has 2 aromatic rings. The second kappa shape index (κ2) is 4.59. The van der Waals surface area contributed by atoms with E-state index in [1.165, 1.54) is 5.56 Å². The number of fused-ring (bicyclic) bond motifs is 1. The van der Waals surface area contributed by atoms with Crippen LogP contribution < -0.4 is 10.7 Å². The zero-order valence-corrected chi connectivity index (χ0v) is 9.18. The zero-order valence-electron chi connectivity index (χ0n) is 8.36. The highest BCUT2D eigenvalue weighted by Gasteiger charge is 2.02. The Morgan fingerprint density at radius 2 is 2.20 bits per heavy atom. The summed E-state index contributed by atoms with van der Waals surface area (Å²) in [5.41, 5.74) is 7.36. The van der Waals surface area contributed by atoms with Crippen LogP contribution in [0.2, 0.25) is 0 Å². The third-order valence-corrected chi connectivity index (χ3v) is 3.10. The van der Waals surface area contributed by atoms with E-state index >= 15 is 0 Å². The zero-order chi connectivity index (χ0) is 10.7. The fourth-order valence-electron chi connectivity index (χ4n) is 1.55. The van der Waals surface area contributed by atoms with Crippen LogP contribution in [0.25, 0.3) is 10.3 Å². The molecule has 4 heteroatoms. The summed E-state index contributed by atoms with van der Waals surface area (Å²) in [6, 6.07) is 5.90. The summed E-state index contributed by atoms with van der Waals surface area (Å²) in [4.78, 5) is 10.8. The minimum Gasteiger partial charge on any atom is -0.414 e. The summed E-state index contributed by atoms with van der Waals surface area (Å²) >= 11 is 1.16. The molecule has 0 aliphatic carbocycles. The van der Waals surface area contributed by atoms with Gasteiger partial charge in [-0.1, -0.05) is 17.4 Å². The second-order valence-electron chi connectivity index (χ2n) is 3.48. The highest BCUT2D eigenvalue weighted by Crippen LogP contribution is 2.19. The lowest BCUT2D eigenvalue weighted by Gasteiger charge is -1.99. The molecule has 0 saturated carbocycles. The second-order valence-corrected chi connectivity index (χ2v) is 4.46. The first-order valence-corrected chi connectivity index (χ1v) is 5.84. The highest BCUT2D eigenvalue weighted by atomic mass is 32.1. The first kappa shape index (κ1) is 10.4. The molecule has 0 aliphatic rings. The summed E-state index contributed by atoms with van der Waals surface area (Å²) in [5.74, 6) is 0. The van der Waals surface area contributed by atoms with Crippen molar-refractivity contribution in [1.82, 2.24) is 0 Å². The SMILES string of the molecule is NCCCCc1ccc2oc(=O)sc2c1. The number of rotatable bonds is 4. The number of hydrogen-bond donors (Lipinski definition) is 1. The first-order chi connectivity index (χ1) is 7.29. The van der Waals surface area contributed by atoms with Gasteiger partial charge in [0.1, 0.15) is 5.58 Å². The largest absolute Gasteiger partial charge is 0.414 e. The molecule has 15 heavy (non-hydrogen) atoms. The van der Waals surface area contributed by atoms with Gasteiger partial charge in [0, 0.05) is 0 Å². The van der Waals surface area contributed by atoms with Crippen molar-refractivity contribution in [2.75, 3.05) is 6.54 Å². The average molecular weight is 223 g/mol. The summed E-state index contributed by atoms with van der Waals surface area (Å²) in [5, 5.41) is 0. The smallest absolute Gasteiger partial charge is 0.396 e. The molecule has 0 spiro atoms. The first-order valence-electron chi connectivity index (χ1n) is 5.02. The van der Waals surface area contributed by atoms with E-state index in [0.29, 0.717) is 5.58 Å². The van der Waals surface area contributed by atoms with Crippen molar-refractivity contribution in [3.63, 3.8) is 0 Å². The van der Waals surface area contributed by atoms with E-state index in [9.17, 15) is 4.79 Å². The van der Waals surface area contributed by atoms with Crippen LogP contribution in [-0.2, 0) is 6.42 Å². The molecular weight excluding hydrogens is 210 g/mol. The van der Waals surface area contributed by atoms with Crippen LogP contribution in [0.5, 0.6) is 0 Å². The van der Waals surface area contributed by atoms with Crippen LogP contribution in [0.3, 0.4) is 0 Å². The Hall–Kier alpha value is -1.13. The van der Waals surface area contributed by atoms with Crippen molar-refractivity contribution >= 4 is 21.6 Å². The van der Waals surface area contributed by atoms with Gasteiger partial charge in [0.2, 0.25) is 0 Å². The molecule has 3 nitrogen and oxygen atoms in total. The Labute approximate surface area is 91.5 Å². The van der Waals surface area contributed by atoms with E-state index in [0.717, 1.165) is 41.8 Å². The van der Waals surface area contributed by atoms with Gasteiger partial charge in [-0.25, -0.2) is 4.79 Å². The molecule has 0 fully saturated rings. The third kappa shape index (κ3) is 2.46. The molecule has 2 N–H and O–H groups in total. The topological polar surface area (TPSA) is 56.2 Å². The molecule has 1 aromatic carbocycles. The molecule has 0 unspecified atom stereocenters. The average Bonchev–Trinajstić information content (AvgIpc) is 2.57. The van der Waals surface area contributed by atoms with E-state index in [1.807, 2.05) is 18.2 Å². The van der Waals surface area contributed by atoms with Crippen LogP contribution in [-0.4, -0.2) is 6.54 Å². The normalized spacial score (nSPS) is 11.0. The Bertz CT molecular complexity index is 501. The van der Waals surface area contributed by atoms with E-state index in [1.54, 1.807) is 0 Å². The quantitative estimate of drug-likeness (QED) is 0.808.